The Balaban J connectivity index is 0.000000161. The van der Waals surface area contributed by atoms with E-state index in [1.54, 1.807) is 26.6 Å². The van der Waals surface area contributed by atoms with E-state index >= 15 is 0 Å². The predicted molar refractivity (Wildman–Crippen MR) is 110 cm³/mol. The van der Waals surface area contributed by atoms with Crippen LogP contribution in [0.4, 0.5) is 11.6 Å². The van der Waals surface area contributed by atoms with Crippen molar-refractivity contribution in [1.29, 1.82) is 0 Å². The van der Waals surface area contributed by atoms with E-state index in [9.17, 15) is 0 Å². The van der Waals surface area contributed by atoms with Gasteiger partial charge in [0.1, 0.15) is 23.1 Å². The average molecular weight is 378 g/mol. The van der Waals surface area contributed by atoms with Gasteiger partial charge in [0, 0.05) is 11.1 Å². The van der Waals surface area contributed by atoms with E-state index in [2.05, 4.69) is 20.4 Å². The number of benzene rings is 2. The van der Waals surface area contributed by atoms with Gasteiger partial charge in [-0.25, -0.2) is 0 Å². The van der Waals surface area contributed by atoms with Crippen molar-refractivity contribution in [3.8, 4) is 33.8 Å². The van der Waals surface area contributed by atoms with Gasteiger partial charge in [-0.05, 0) is 35.4 Å². The summed E-state index contributed by atoms with van der Waals surface area (Å²) >= 11 is 0. The zero-order valence-electron chi connectivity index (χ0n) is 15.6. The van der Waals surface area contributed by atoms with Crippen LogP contribution in [0.3, 0.4) is 0 Å². The molecule has 0 spiro atoms. The molecule has 2 aromatic heterocycles. The van der Waals surface area contributed by atoms with Crippen molar-refractivity contribution in [1.82, 2.24) is 20.4 Å². The van der Waals surface area contributed by atoms with Crippen LogP contribution < -0.4 is 20.9 Å². The highest BCUT2D eigenvalue weighted by Gasteiger charge is 2.05. The van der Waals surface area contributed by atoms with E-state index in [0.717, 1.165) is 33.8 Å². The van der Waals surface area contributed by atoms with Gasteiger partial charge in [-0.2, -0.15) is 10.2 Å². The average Bonchev–Trinajstić information content (AvgIpc) is 3.36. The standard InChI is InChI=1S/2C10H11N3O/c2*1-14-8-4-2-3-7(5-8)9-6-12-13-10(9)11/h2*2-6H,1H3,(H3,11,12,13). The number of nitrogen functional groups attached to an aromatic ring is 2. The maximum atomic E-state index is 5.71. The third-order valence-corrected chi connectivity index (χ3v) is 4.10. The van der Waals surface area contributed by atoms with Crippen LogP contribution in [-0.4, -0.2) is 34.6 Å². The van der Waals surface area contributed by atoms with Crippen LogP contribution in [0.25, 0.3) is 22.3 Å². The number of hydrogen-bond acceptors (Lipinski definition) is 6. The molecular weight excluding hydrogens is 356 g/mol. The number of nitrogens with one attached hydrogen (secondary N) is 2. The molecule has 4 rings (SSSR count). The summed E-state index contributed by atoms with van der Waals surface area (Å²) in [6.07, 6.45) is 3.40. The molecule has 0 atom stereocenters. The van der Waals surface area contributed by atoms with Gasteiger partial charge in [0.15, 0.2) is 0 Å². The SMILES string of the molecule is COc1cccc(-c2cn[nH]c2N)c1.COc1cccc(-c2cn[nH]c2N)c1. The number of anilines is 2. The fraction of sp³-hybridized carbons (Fsp3) is 0.100. The Kier molecular flexibility index (Phi) is 5.81. The summed E-state index contributed by atoms with van der Waals surface area (Å²) in [6, 6.07) is 15.4. The second-order valence-corrected chi connectivity index (χ2v) is 5.86. The third kappa shape index (κ3) is 4.24. The van der Waals surface area contributed by atoms with Crippen molar-refractivity contribution in [2.45, 2.75) is 0 Å². The van der Waals surface area contributed by atoms with Crippen molar-refractivity contribution < 1.29 is 9.47 Å². The first-order valence-corrected chi connectivity index (χ1v) is 8.49. The van der Waals surface area contributed by atoms with Crippen molar-refractivity contribution in [3.05, 3.63) is 60.9 Å². The van der Waals surface area contributed by atoms with Gasteiger partial charge in [0.05, 0.1) is 26.6 Å². The number of methoxy groups -OCH3 is 2. The fourth-order valence-corrected chi connectivity index (χ4v) is 2.63. The minimum Gasteiger partial charge on any atom is -0.497 e. The zero-order valence-corrected chi connectivity index (χ0v) is 15.6. The minimum absolute atomic E-state index is 0.568. The van der Waals surface area contributed by atoms with Gasteiger partial charge >= 0.3 is 0 Å². The molecule has 2 heterocycles. The van der Waals surface area contributed by atoms with Gasteiger partial charge in [-0.3, -0.25) is 10.2 Å². The third-order valence-electron chi connectivity index (χ3n) is 4.10. The molecule has 0 saturated heterocycles. The van der Waals surface area contributed by atoms with E-state index in [4.69, 9.17) is 20.9 Å². The van der Waals surface area contributed by atoms with E-state index in [1.807, 2.05) is 48.5 Å². The second kappa shape index (κ2) is 8.63. The minimum atomic E-state index is 0.568. The number of nitrogens with zero attached hydrogens (tertiary/aromatic N) is 2. The molecule has 0 fully saturated rings. The lowest BCUT2D eigenvalue weighted by molar-refractivity contribution is 0.415. The normalized spacial score (nSPS) is 10.1. The smallest absolute Gasteiger partial charge is 0.126 e. The largest absolute Gasteiger partial charge is 0.497 e. The monoisotopic (exact) mass is 378 g/mol. The van der Waals surface area contributed by atoms with Crippen molar-refractivity contribution in [2.24, 2.45) is 0 Å². The van der Waals surface area contributed by atoms with Gasteiger partial charge in [-0.15, -0.1) is 0 Å². The summed E-state index contributed by atoms with van der Waals surface area (Å²) in [5, 5.41) is 13.1. The molecule has 2 aromatic carbocycles. The van der Waals surface area contributed by atoms with Gasteiger partial charge in [-0.1, -0.05) is 24.3 Å². The summed E-state index contributed by atoms with van der Waals surface area (Å²) in [7, 11) is 3.27. The first-order chi connectivity index (χ1) is 13.6. The molecule has 0 aliphatic carbocycles. The number of nitrogens with two attached hydrogens (primary N) is 2. The summed E-state index contributed by atoms with van der Waals surface area (Å²) in [4.78, 5) is 0. The van der Waals surface area contributed by atoms with Crippen molar-refractivity contribution >= 4 is 11.6 Å². The van der Waals surface area contributed by atoms with Gasteiger partial charge < -0.3 is 20.9 Å². The highest BCUT2D eigenvalue weighted by atomic mass is 16.5. The maximum absolute atomic E-state index is 5.71. The quantitative estimate of drug-likeness (QED) is 0.431. The Morgan fingerprint density at radius 3 is 1.46 bits per heavy atom. The molecular formula is C20H22N6O2. The Morgan fingerprint density at radius 1 is 0.714 bits per heavy atom. The van der Waals surface area contributed by atoms with Crippen molar-refractivity contribution in [3.63, 3.8) is 0 Å². The Morgan fingerprint density at radius 2 is 1.14 bits per heavy atom. The molecule has 0 saturated carbocycles. The predicted octanol–water partition coefficient (Wildman–Crippen LogP) is 3.33. The van der Waals surface area contributed by atoms with Gasteiger partial charge in [0.2, 0.25) is 0 Å². The second-order valence-electron chi connectivity index (χ2n) is 5.86. The molecule has 28 heavy (non-hydrogen) atoms. The number of H-pyrrole nitrogens is 2. The summed E-state index contributed by atoms with van der Waals surface area (Å²) < 4.78 is 10.2. The van der Waals surface area contributed by atoms with E-state index in [1.165, 1.54) is 0 Å². The van der Waals surface area contributed by atoms with E-state index < -0.39 is 0 Å². The lowest BCUT2D eigenvalue weighted by Gasteiger charge is -2.02. The molecule has 0 amide bonds. The summed E-state index contributed by atoms with van der Waals surface area (Å²) in [5.41, 5.74) is 15.2. The fourth-order valence-electron chi connectivity index (χ4n) is 2.63. The zero-order chi connectivity index (χ0) is 19.9. The topological polar surface area (TPSA) is 128 Å². The van der Waals surface area contributed by atoms with Crippen molar-refractivity contribution in [2.75, 3.05) is 25.7 Å². The molecule has 0 bridgehead atoms. The lowest BCUT2D eigenvalue weighted by Crippen LogP contribution is -1.88. The molecule has 0 unspecified atom stereocenters. The van der Waals surface area contributed by atoms with Crippen LogP contribution in [0, 0.1) is 0 Å². The molecule has 0 radical (unpaired) electrons. The maximum Gasteiger partial charge on any atom is 0.126 e. The molecule has 144 valence electrons. The highest BCUT2D eigenvalue weighted by molar-refractivity contribution is 5.74. The molecule has 4 aromatic rings. The van der Waals surface area contributed by atoms with Crippen LogP contribution in [-0.2, 0) is 0 Å². The highest BCUT2D eigenvalue weighted by Crippen LogP contribution is 2.27. The van der Waals surface area contributed by atoms with Crippen LogP contribution in [0.1, 0.15) is 0 Å². The number of aromatic nitrogens is 4. The van der Waals surface area contributed by atoms with Crippen LogP contribution >= 0.6 is 0 Å². The van der Waals surface area contributed by atoms with E-state index in [0.29, 0.717) is 11.6 Å². The summed E-state index contributed by atoms with van der Waals surface area (Å²) in [5.74, 6) is 2.75. The molecule has 8 heteroatoms. The number of rotatable bonds is 4. The first-order valence-electron chi connectivity index (χ1n) is 8.49. The lowest BCUT2D eigenvalue weighted by atomic mass is 10.1. The number of hydrogen-bond donors (Lipinski definition) is 4. The molecule has 0 aliphatic rings. The molecule has 0 aliphatic heterocycles. The molecule has 6 N–H and O–H groups in total. The van der Waals surface area contributed by atoms with Crippen LogP contribution in [0.5, 0.6) is 11.5 Å². The Hall–Kier alpha value is -3.94. The first kappa shape index (κ1) is 18.8. The van der Waals surface area contributed by atoms with Gasteiger partial charge in [0.25, 0.3) is 0 Å². The van der Waals surface area contributed by atoms with E-state index in [-0.39, 0.29) is 0 Å². The summed E-state index contributed by atoms with van der Waals surface area (Å²) in [6.45, 7) is 0. The van der Waals surface area contributed by atoms with Crippen LogP contribution in [0.2, 0.25) is 0 Å². The Bertz CT molecular complexity index is 957. The number of aromatic amines is 2. The number of ether oxygens (including phenoxy) is 2. The molecule has 8 nitrogen and oxygen atoms in total. The Labute approximate surface area is 162 Å². The van der Waals surface area contributed by atoms with Crippen LogP contribution in [0.15, 0.2) is 60.9 Å².